The van der Waals surface area contributed by atoms with Crippen molar-refractivity contribution in [2.45, 2.75) is 19.4 Å². The summed E-state index contributed by atoms with van der Waals surface area (Å²) in [6.07, 6.45) is 1.06. The fourth-order valence-corrected chi connectivity index (χ4v) is 2.61. The van der Waals surface area contributed by atoms with Crippen LogP contribution in [-0.2, 0) is 4.74 Å². The second-order valence-corrected chi connectivity index (χ2v) is 5.30. The summed E-state index contributed by atoms with van der Waals surface area (Å²) in [6, 6.07) is 6.56. The van der Waals surface area contributed by atoms with Crippen molar-refractivity contribution < 1.29 is 9.47 Å². The minimum atomic E-state index is 0.490. The normalized spacial score (nSPS) is 24.4. The molecule has 1 fully saturated rings. The average molecular weight is 300 g/mol. The van der Waals surface area contributed by atoms with Gasteiger partial charge in [0.1, 0.15) is 5.75 Å². The summed E-state index contributed by atoms with van der Waals surface area (Å²) in [5.41, 5.74) is 1.12. The van der Waals surface area contributed by atoms with E-state index in [0.717, 1.165) is 35.5 Å². The van der Waals surface area contributed by atoms with E-state index >= 15 is 0 Å². The van der Waals surface area contributed by atoms with E-state index in [2.05, 4.69) is 34.2 Å². The van der Waals surface area contributed by atoms with Gasteiger partial charge in [-0.2, -0.15) is 0 Å². The van der Waals surface area contributed by atoms with Crippen molar-refractivity contribution in [3.05, 3.63) is 22.7 Å². The van der Waals surface area contributed by atoms with E-state index in [9.17, 15) is 0 Å². The lowest BCUT2D eigenvalue weighted by atomic mass is 9.97. The van der Waals surface area contributed by atoms with Crippen LogP contribution in [0.5, 0.6) is 5.75 Å². The molecule has 0 spiro atoms. The second kappa shape index (κ2) is 5.74. The van der Waals surface area contributed by atoms with Gasteiger partial charge in [-0.3, -0.25) is 0 Å². The van der Waals surface area contributed by atoms with Gasteiger partial charge in [-0.05, 0) is 46.5 Å². The molecule has 0 radical (unpaired) electrons. The summed E-state index contributed by atoms with van der Waals surface area (Å²) >= 11 is 3.50. The van der Waals surface area contributed by atoms with Gasteiger partial charge in [0.05, 0.1) is 18.2 Å². The number of benzene rings is 1. The first-order valence-corrected chi connectivity index (χ1v) is 6.68. The van der Waals surface area contributed by atoms with Crippen LogP contribution < -0.4 is 10.1 Å². The van der Waals surface area contributed by atoms with E-state index in [1.807, 2.05) is 12.1 Å². The van der Waals surface area contributed by atoms with Crippen molar-refractivity contribution >= 4 is 21.6 Å². The lowest BCUT2D eigenvalue weighted by molar-refractivity contribution is 0.0538. The monoisotopic (exact) mass is 299 g/mol. The molecule has 0 amide bonds. The van der Waals surface area contributed by atoms with E-state index < -0.39 is 0 Å². The lowest BCUT2D eigenvalue weighted by Crippen LogP contribution is -2.35. The zero-order valence-corrected chi connectivity index (χ0v) is 11.8. The summed E-state index contributed by atoms with van der Waals surface area (Å²) in [6.45, 7) is 3.91. The maximum Gasteiger partial charge on any atom is 0.133 e. The van der Waals surface area contributed by atoms with Crippen molar-refractivity contribution in [2.24, 2.45) is 5.92 Å². The van der Waals surface area contributed by atoms with E-state index in [4.69, 9.17) is 9.47 Å². The maximum atomic E-state index is 5.44. The molecule has 0 saturated carbocycles. The van der Waals surface area contributed by atoms with Crippen LogP contribution in [-0.4, -0.2) is 26.4 Å². The number of anilines is 1. The smallest absolute Gasteiger partial charge is 0.133 e. The minimum Gasteiger partial charge on any atom is -0.496 e. The van der Waals surface area contributed by atoms with Crippen LogP contribution in [0.25, 0.3) is 0 Å². The number of hydrogen-bond donors (Lipinski definition) is 1. The molecule has 1 aliphatic rings. The molecule has 2 rings (SSSR count). The summed E-state index contributed by atoms with van der Waals surface area (Å²) in [7, 11) is 1.67. The first kappa shape index (κ1) is 12.7. The third-order valence-corrected chi connectivity index (χ3v) is 3.76. The molecule has 0 bridgehead atoms. The van der Waals surface area contributed by atoms with Gasteiger partial charge in [-0.25, -0.2) is 0 Å². The van der Waals surface area contributed by atoms with Crippen LogP contribution in [0, 0.1) is 5.92 Å². The molecular formula is C13H18BrNO2. The summed E-state index contributed by atoms with van der Waals surface area (Å²) in [4.78, 5) is 0. The topological polar surface area (TPSA) is 30.5 Å². The van der Waals surface area contributed by atoms with Gasteiger partial charge in [0.2, 0.25) is 0 Å². The standard InChI is InChI=1S/C13H18BrNO2/c1-9-8-17-6-5-12(9)15-10-3-4-13(16-2)11(14)7-10/h3-4,7,9,12,15H,5-6,8H2,1-2H3. The largest absolute Gasteiger partial charge is 0.496 e. The van der Waals surface area contributed by atoms with Gasteiger partial charge in [-0.1, -0.05) is 6.92 Å². The maximum absolute atomic E-state index is 5.44. The molecule has 0 aromatic heterocycles. The molecule has 3 nitrogen and oxygen atoms in total. The van der Waals surface area contributed by atoms with Crippen LogP contribution >= 0.6 is 15.9 Å². The van der Waals surface area contributed by atoms with Gasteiger partial charge in [0, 0.05) is 18.3 Å². The molecule has 1 saturated heterocycles. The van der Waals surface area contributed by atoms with Gasteiger partial charge in [0.25, 0.3) is 0 Å². The Kier molecular flexibility index (Phi) is 4.29. The highest BCUT2D eigenvalue weighted by molar-refractivity contribution is 9.10. The van der Waals surface area contributed by atoms with Crippen molar-refractivity contribution in [1.82, 2.24) is 0 Å². The zero-order chi connectivity index (χ0) is 12.3. The molecule has 1 aromatic rings. The van der Waals surface area contributed by atoms with Crippen LogP contribution in [0.15, 0.2) is 22.7 Å². The molecule has 94 valence electrons. The Labute approximate surface area is 111 Å². The van der Waals surface area contributed by atoms with Crippen LogP contribution in [0.2, 0.25) is 0 Å². The molecule has 1 aromatic carbocycles. The SMILES string of the molecule is COc1ccc(NC2CCOCC2C)cc1Br. The fourth-order valence-electron chi connectivity index (χ4n) is 2.06. The molecule has 1 aliphatic heterocycles. The Morgan fingerprint density at radius 1 is 1.47 bits per heavy atom. The quantitative estimate of drug-likeness (QED) is 0.929. The number of rotatable bonds is 3. The summed E-state index contributed by atoms with van der Waals surface area (Å²) in [5.74, 6) is 1.40. The van der Waals surface area contributed by atoms with Crippen molar-refractivity contribution in [2.75, 3.05) is 25.6 Å². The van der Waals surface area contributed by atoms with E-state index in [1.165, 1.54) is 0 Å². The average Bonchev–Trinajstić information content (AvgIpc) is 2.32. The number of halogens is 1. The third kappa shape index (κ3) is 3.13. The fraction of sp³-hybridized carbons (Fsp3) is 0.538. The van der Waals surface area contributed by atoms with Gasteiger partial charge in [-0.15, -0.1) is 0 Å². The zero-order valence-electron chi connectivity index (χ0n) is 10.2. The molecule has 4 heteroatoms. The Balaban J connectivity index is 2.05. The number of nitrogens with one attached hydrogen (secondary N) is 1. The highest BCUT2D eigenvalue weighted by atomic mass is 79.9. The van der Waals surface area contributed by atoms with Crippen LogP contribution in [0.1, 0.15) is 13.3 Å². The Hall–Kier alpha value is -0.740. The molecule has 0 aliphatic carbocycles. The molecule has 17 heavy (non-hydrogen) atoms. The number of hydrogen-bond acceptors (Lipinski definition) is 3. The predicted molar refractivity (Wildman–Crippen MR) is 72.7 cm³/mol. The molecule has 2 unspecified atom stereocenters. The van der Waals surface area contributed by atoms with Crippen LogP contribution in [0.3, 0.4) is 0 Å². The Bertz CT molecular complexity index is 384. The first-order valence-electron chi connectivity index (χ1n) is 5.88. The van der Waals surface area contributed by atoms with E-state index in [1.54, 1.807) is 7.11 Å². The van der Waals surface area contributed by atoms with Crippen LogP contribution in [0.4, 0.5) is 5.69 Å². The highest BCUT2D eigenvalue weighted by Gasteiger charge is 2.21. The second-order valence-electron chi connectivity index (χ2n) is 4.44. The first-order chi connectivity index (χ1) is 8.20. The van der Waals surface area contributed by atoms with Gasteiger partial charge < -0.3 is 14.8 Å². The van der Waals surface area contributed by atoms with E-state index in [0.29, 0.717) is 12.0 Å². The van der Waals surface area contributed by atoms with Crippen molar-refractivity contribution in [3.8, 4) is 5.75 Å². The van der Waals surface area contributed by atoms with Crippen molar-refractivity contribution in [3.63, 3.8) is 0 Å². The summed E-state index contributed by atoms with van der Waals surface area (Å²) < 4.78 is 11.6. The Morgan fingerprint density at radius 2 is 2.29 bits per heavy atom. The molecular weight excluding hydrogens is 282 g/mol. The molecule has 1 N–H and O–H groups in total. The minimum absolute atomic E-state index is 0.490. The molecule has 1 heterocycles. The van der Waals surface area contributed by atoms with Gasteiger partial charge >= 0.3 is 0 Å². The summed E-state index contributed by atoms with van der Waals surface area (Å²) in [5, 5.41) is 3.56. The third-order valence-electron chi connectivity index (χ3n) is 3.14. The highest BCUT2D eigenvalue weighted by Crippen LogP contribution is 2.29. The number of ether oxygens (including phenoxy) is 2. The molecule has 2 atom stereocenters. The van der Waals surface area contributed by atoms with Gasteiger partial charge in [0.15, 0.2) is 0 Å². The van der Waals surface area contributed by atoms with E-state index in [-0.39, 0.29) is 0 Å². The predicted octanol–water partition coefficient (Wildman–Crippen LogP) is 3.29. The Morgan fingerprint density at radius 3 is 2.94 bits per heavy atom. The van der Waals surface area contributed by atoms with Crippen molar-refractivity contribution in [1.29, 1.82) is 0 Å². The lowest BCUT2D eigenvalue weighted by Gasteiger charge is -2.30. The number of methoxy groups -OCH3 is 1.